The van der Waals surface area contributed by atoms with E-state index >= 15 is 0 Å². The molecule has 1 aromatic carbocycles. The molecule has 0 radical (unpaired) electrons. The van der Waals surface area contributed by atoms with E-state index in [1.165, 1.54) is 0 Å². The molecule has 0 fully saturated rings. The summed E-state index contributed by atoms with van der Waals surface area (Å²) in [6.45, 7) is 6.41. The van der Waals surface area contributed by atoms with E-state index in [0.717, 1.165) is 16.5 Å². The lowest BCUT2D eigenvalue weighted by molar-refractivity contribution is 0.374. The molecule has 0 amide bonds. The Kier molecular flexibility index (Phi) is 3.43. The van der Waals surface area contributed by atoms with Gasteiger partial charge in [0.15, 0.2) is 5.82 Å². The fraction of sp³-hybridized carbons (Fsp3) is 0.385. The van der Waals surface area contributed by atoms with Gasteiger partial charge >= 0.3 is 0 Å². The number of rotatable bonds is 2. The zero-order valence-corrected chi connectivity index (χ0v) is 12.3. The van der Waals surface area contributed by atoms with E-state index in [9.17, 15) is 0 Å². The molecule has 0 atom stereocenters. The number of nitrogens with zero attached hydrogens (tertiary/aromatic N) is 2. The van der Waals surface area contributed by atoms with Crippen molar-refractivity contribution in [2.24, 2.45) is 5.41 Å². The predicted octanol–water partition coefficient (Wildman–Crippen LogP) is 3.67. The van der Waals surface area contributed by atoms with Gasteiger partial charge in [-0.05, 0) is 33.5 Å². The van der Waals surface area contributed by atoms with Crippen molar-refractivity contribution in [3.05, 3.63) is 28.5 Å². The van der Waals surface area contributed by atoms with Crippen LogP contribution in [-0.2, 0) is 6.42 Å². The Morgan fingerprint density at radius 3 is 2.72 bits per heavy atom. The highest BCUT2D eigenvalue weighted by Gasteiger charge is 2.18. The Hall–Kier alpha value is -1.36. The van der Waals surface area contributed by atoms with Crippen molar-refractivity contribution in [1.82, 2.24) is 10.1 Å². The van der Waals surface area contributed by atoms with E-state index in [1.54, 1.807) is 0 Å². The Labute approximate surface area is 115 Å². The second kappa shape index (κ2) is 4.72. The highest BCUT2D eigenvalue weighted by molar-refractivity contribution is 9.10. The fourth-order valence-electron chi connectivity index (χ4n) is 1.63. The van der Waals surface area contributed by atoms with Crippen LogP contribution in [0.15, 0.2) is 27.2 Å². The normalized spacial score (nSPS) is 11.8. The third kappa shape index (κ3) is 2.90. The topological polar surface area (TPSA) is 64.9 Å². The van der Waals surface area contributed by atoms with Gasteiger partial charge in [0.25, 0.3) is 5.89 Å². The van der Waals surface area contributed by atoms with E-state index in [1.807, 2.05) is 18.2 Å². The molecule has 96 valence electrons. The largest absolute Gasteiger partial charge is 0.397 e. The first-order valence-corrected chi connectivity index (χ1v) is 6.53. The summed E-state index contributed by atoms with van der Waals surface area (Å²) < 4.78 is 6.10. The lowest BCUT2D eigenvalue weighted by Gasteiger charge is -2.14. The molecule has 1 heterocycles. The number of halogens is 1. The van der Waals surface area contributed by atoms with Crippen LogP contribution in [0.1, 0.15) is 26.6 Å². The van der Waals surface area contributed by atoms with Crippen LogP contribution in [0.4, 0.5) is 5.69 Å². The fourth-order valence-corrected chi connectivity index (χ4v) is 2.00. The summed E-state index contributed by atoms with van der Waals surface area (Å²) in [6, 6.07) is 5.64. The monoisotopic (exact) mass is 309 g/mol. The van der Waals surface area contributed by atoms with Gasteiger partial charge < -0.3 is 10.3 Å². The summed E-state index contributed by atoms with van der Waals surface area (Å²) >= 11 is 3.38. The summed E-state index contributed by atoms with van der Waals surface area (Å²) in [7, 11) is 0. The molecule has 0 saturated carbocycles. The van der Waals surface area contributed by atoms with E-state index in [-0.39, 0.29) is 5.41 Å². The molecule has 0 aliphatic heterocycles. The van der Waals surface area contributed by atoms with E-state index in [4.69, 9.17) is 10.3 Å². The van der Waals surface area contributed by atoms with Gasteiger partial charge in [0.05, 0.1) is 11.3 Å². The van der Waals surface area contributed by atoms with Crippen molar-refractivity contribution >= 4 is 21.6 Å². The molecular weight excluding hydrogens is 294 g/mol. The molecule has 0 bridgehead atoms. The summed E-state index contributed by atoms with van der Waals surface area (Å²) in [6.07, 6.45) is 0.768. The summed E-state index contributed by atoms with van der Waals surface area (Å²) in [5, 5.41) is 3.99. The van der Waals surface area contributed by atoms with Gasteiger partial charge in [-0.1, -0.05) is 32.0 Å². The average molecular weight is 310 g/mol. The SMILES string of the molecule is CC(C)(C)Cc1noc(-c2cccc(Br)c2N)n1. The first-order valence-electron chi connectivity index (χ1n) is 5.74. The molecule has 2 aromatic rings. The maximum Gasteiger partial charge on any atom is 0.260 e. The van der Waals surface area contributed by atoms with Crippen LogP contribution in [-0.4, -0.2) is 10.1 Å². The molecule has 0 unspecified atom stereocenters. The molecule has 1 aromatic heterocycles. The number of benzene rings is 1. The molecule has 0 spiro atoms. The summed E-state index contributed by atoms with van der Waals surface area (Å²) in [5.74, 6) is 1.17. The molecular formula is C13H16BrN3O. The van der Waals surface area contributed by atoms with Gasteiger partial charge in [0.1, 0.15) is 0 Å². The van der Waals surface area contributed by atoms with Crippen LogP contribution in [0, 0.1) is 5.41 Å². The van der Waals surface area contributed by atoms with Gasteiger partial charge in [-0.15, -0.1) is 0 Å². The Morgan fingerprint density at radius 1 is 1.33 bits per heavy atom. The molecule has 2 N–H and O–H groups in total. The predicted molar refractivity (Wildman–Crippen MR) is 75.0 cm³/mol. The van der Waals surface area contributed by atoms with Gasteiger partial charge in [-0.2, -0.15) is 4.98 Å². The average Bonchev–Trinajstić information content (AvgIpc) is 2.68. The van der Waals surface area contributed by atoms with Crippen molar-refractivity contribution in [2.45, 2.75) is 27.2 Å². The number of nitrogens with two attached hydrogens (primary N) is 1. The molecule has 18 heavy (non-hydrogen) atoms. The van der Waals surface area contributed by atoms with Crippen LogP contribution in [0.3, 0.4) is 0 Å². The number of hydrogen-bond acceptors (Lipinski definition) is 4. The summed E-state index contributed by atoms with van der Waals surface area (Å²) in [4.78, 5) is 4.39. The Bertz CT molecular complexity index is 558. The van der Waals surface area contributed by atoms with Gasteiger partial charge in [0, 0.05) is 10.9 Å². The lowest BCUT2D eigenvalue weighted by Crippen LogP contribution is -2.10. The van der Waals surface area contributed by atoms with Crippen molar-refractivity contribution in [3.63, 3.8) is 0 Å². The van der Waals surface area contributed by atoms with Crippen molar-refractivity contribution < 1.29 is 4.52 Å². The quantitative estimate of drug-likeness (QED) is 0.860. The van der Waals surface area contributed by atoms with Crippen molar-refractivity contribution in [1.29, 1.82) is 0 Å². The van der Waals surface area contributed by atoms with Crippen LogP contribution in [0.25, 0.3) is 11.5 Å². The van der Waals surface area contributed by atoms with Gasteiger partial charge in [-0.3, -0.25) is 0 Å². The van der Waals surface area contributed by atoms with Crippen molar-refractivity contribution in [2.75, 3.05) is 5.73 Å². The second-order valence-corrected chi connectivity index (χ2v) is 6.31. The first-order chi connectivity index (χ1) is 8.37. The standard InChI is InChI=1S/C13H16BrN3O/c1-13(2,3)7-10-16-12(18-17-10)8-5-4-6-9(14)11(8)15/h4-6H,7,15H2,1-3H3. The lowest BCUT2D eigenvalue weighted by atomic mass is 9.92. The Morgan fingerprint density at radius 2 is 2.06 bits per heavy atom. The maximum absolute atomic E-state index is 5.98. The third-order valence-electron chi connectivity index (χ3n) is 2.44. The third-order valence-corrected chi connectivity index (χ3v) is 3.13. The van der Waals surface area contributed by atoms with Crippen LogP contribution in [0.5, 0.6) is 0 Å². The second-order valence-electron chi connectivity index (χ2n) is 5.45. The Balaban J connectivity index is 2.33. The minimum atomic E-state index is 0.129. The number of aromatic nitrogens is 2. The van der Waals surface area contributed by atoms with Crippen molar-refractivity contribution in [3.8, 4) is 11.5 Å². The molecule has 4 nitrogen and oxygen atoms in total. The smallest absolute Gasteiger partial charge is 0.260 e. The first kappa shape index (κ1) is 13.1. The molecule has 0 aliphatic rings. The zero-order chi connectivity index (χ0) is 13.3. The number of anilines is 1. The zero-order valence-electron chi connectivity index (χ0n) is 10.7. The minimum absolute atomic E-state index is 0.129. The molecule has 2 rings (SSSR count). The highest BCUT2D eigenvalue weighted by atomic mass is 79.9. The summed E-state index contributed by atoms with van der Waals surface area (Å²) in [5.41, 5.74) is 7.48. The van der Waals surface area contributed by atoms with E-state index in [0.29, 0.717) is 17.4 Å². The minimum Gasteiger partial charge on any atom is -0.397 e. The molecule has 0 aliphatic carbocycles. The molecule has 0 saturated heterocycles. The van der Waals surface area contributed by atoms with Crippen LogP contribution in [0.2, 0.25) is 0 Å². The van der Waals surface area contributed by atoms with Gasteiger partial charge in [0.2, 0.25) is 0 Å². The van der Waals surface area contributed by atoms with E-state index < -0.39 is 0 Å². The maximum atomic E-state index is 5.98. The highest BCUT2D eigenvalue weighted by Crippen LogP contribution is 2.31. The van der Waals surface area contributed by atoms with Crippen LogP contribution < -0.4 is 5.73 Å². The number of para-hydroxylation sites is 1. The van der Waals surface area contributed by atoms with Crippen LogP contribution >= 0.6 is 15.9 Å². The number of hydrogen-bond donors (Lipinski definition) is 1. The van der Waals surface area contributed by atoms with E-state index in [2.05, 4.69) is 46.8 Å². The molecule has 5 heteroatoms. The van der Waals surface area contributed by atoms with Gasteiger partial charge in [-0.25, -0.2) is 0 Å². The number of nitrogen functional groups attached to an aromatic ring is 1.